The molecule has 4 rings (SSSR count). The molecule has 1 aliphatic heterocycles. The van der Waals surface area contributed by atoms with E-state index < -0.39 is 0 Å². The molecule has 7 heteroatoms. The van der Waals surface area contributed by atoms with Crippen molar-refractivity contribution in [3.8, 4) is 11.6 Å². The molecule has 0 spiro atoms. The van der Waals surface area contributed by atoms with E-state index >= 15 is 0 Å². The largest absolute Gasteiger partial charge is 0.484 e. The van der Waals surface area contributed by atoms with Gasteiger partial charge in [-0.1, -0.05) is 18.2 Å². The normalized spacial score (nSPS) is 16.6. The van der Waals surface area contributed by atoms with E-state index in [1.54, 1.807) is 29.5 Å². The quantitative estimate of drug-likeness (QED) is 0.707. The van der Waals surface area contributed by atoms with Crippen molar-refractivity contribution in [2.45, 2.75) is 18.9 Å². The number of rotatable bonds is 5. The molecule has 0 aliphatic carbocycles. The monoisotopic (exact) mass is 349 g/mol. The van der Waals surface area contributed by atoms with Gasteiger partial charge in [0.05, 0.1) is 24.1 Å². The van der Waals surface area contributed by atoms with Gasteiger partial charge in [0.25, 0.3) is 5.91 Å². The van der Waals surface area contributed by atoms with E-state index in [0.717, 1.165) is 18.5 Å². The molecule has 1 fully saturated rings. The molecule has 3 aromatic rings. The van der Waals surface area contributed by atoms with Gasteiger partial charge < -0.3 is 9.64 Å². The molecular weight excluding hydrogens is 330 g/mol. The Balaban J connectivity index is 1.48. The number of aromatic nitrogens is 4. The lowest BCUT2D eigenvalue weighted by atomic mass is 10.1. The highest BCUT2D eigenvalue weighted by atomic mass is 16.5. The Hall–Kier alpha value is -3.22. The van der Waals surface area contributed by atoms with Crippen LogP contribution >= 0.6 is 0 Å². The second-order valence-corrected chi connectivity index (χ2v) is 6.12. The van der Waals surface area contributed by atoms with Crippen LogP contribution in [0.5, 0.6) is 5.75 Å². The van der Waals surface area contributed by atoms with Crippen LogP contribution in [0.4, 0.5) is 0 Å². The average molecular weight is 349 g/mol. The van der Waals surface area contributed by atoms with Crippen LogP contribution in [0.15, 0.2) is 61.4 Å². The number of likely N-dealkylation sites (tertiary alicyclic amines) is 1. The predicted molar refractivity (Wildman–Crippen MR) is 94.8 cm³/mol. The average Bonchev–Trinajstić information content (AvgIpc) is 3.39. The van der Waals surface area contributed by atoms with Crippen LogP contribution in [-0.2, 0) is 4.79 Å². The number of hydrogen-bond acceptors (Lipinski definition) is 5. The van der Waals surface area contributed by atoms with Crippen molar-refractivity contribution in [2.24, 2.45) is 0 Å². The van der Waals surface area contributed by atoms with Gasteiger partial charge in [0.1, 0.15) is 12.1 Å². The number of carbonyl (C=O) groups excluding carboxylic acids is 1. The maximum Gasteiger partial charge on any atom is 0.261 e. The molecule has 132 valence electrons. The third kappa shape index (κ3) is 3.42. The number of amides is 1. The molecule has 1 amide bonds. The summed E-state index contributed by atoms with van der Waals surface area (Å²) in [6.45, 7) is 0.730. The van der Waals surface area contributed by atoms with Crippen LogP contribution in [-0.4, -0.2) is 43.5 Å². The van der Waals surface area contributed by atoms with Crippen LogP contribution < -0.4 is 4.74 Å². The summed E-state index contributed by atoms with van der Waals surface area (Å²) in [6, 6.07) is 9.30. The summed E-state index contributed by atoms with van der Waals surface area (Å²) in [6.07, 6.45) is 10.4. The lowest BCUT2D eigenvalue weighted by Crippen LogP contribution is -2.35. The van der Waals surface area contributed by atoms with Crippen molar-refractivity contribution in [1.29, 1.82) is 0 Å². The Bertz CT molecular complexity index is 867. The third-order valence-electron chi connectivity index (χ3n) is 4.43. The van der Waals surface area contributed by atoms with Crippen molar-refractivity contribution >= 4 is 5.91 Å². The number of carbonyl (C=O) groups is 1. The van der Waals surface area contributed by atoms with Crippen LogP contribution in [0.1, 0.15) is 24.6 Å². The van der Waals surface area contributed by atoms with E-state index in [9.17, 15) is 4.79 Å². The summed E-state index contributed by atoms with van der Waals surface area (Å²) in [5, 5.41) is 0. The first-order valence-corrected chi connectivity index (χ1v) is 8.59. The fourth-order valence-electron chi connectivity index (χ4n) is 3.17. The number of imidazole rings is 1. The Kier molecular flexibility index (Phi) is 4.59. The van der Waals surface area contributed by atoms with Gasteiger partial charge in [-0.15, -0.1) is 0 Å². The minimum absolute atomic E-state index is 0.0230. The van der Waals surface area contributed by atoms with Crippen molar-refractivity contribution in [3.63, 3.8) is 0 Å². The van der Waals surface area contributed by atoms with E-state index in [2.05, 4.69) is 15.0 Å². The second kappa shape index (κ2) is 7.35. The minimum Gasteiger partial charge on any atom is -0.484 e. The summed E-state index contributed by atoms with van der Waals surface area (Å²) in [7, 11) is 0. The molecule has 1 saturated heterocycles. The summed E-state index contributed by atoms with van der Waals surface area (Å²) in [5.74, 6) is 1.35. The molecule has 1 unspecified atom stereocenters. The van der Waals surface area contributed by atoms with E-state index in [1.165, 1.54) is 0 Å². The van der Waals surface area contributed by atoms with Crippen molar-refractivity contribution in [1.82, 2.24) is 24.4 Å². The zero-order valence-electron chi connectivity index (χ0n) is 14.2. The first-order chi connectivity index (χ1) is 12.8. The highest BCUT2D eigenvalue weighted by Gasteiger charge is 2.31. The summed E-state index contributed by atoms with van der Waals surface area (Å²) < 4.78 is 7.41. The molecule has 1 atom stereocenters. The molecule has 0 saturated carbocycles. The van der Waals surface area contributed by atoms with Crippen molar-refractivity contribution in [3.05, 3.63) is 67.1 Å². The maximum atomic E-state index is 12.7. The maximum absolute atomic E-state index is 12.7. The van der Waals surface area contributed by atoms with Gasteiger partial charge >= 0.3 is 0 Å². The molecule has 1 aromatic carbocycles. The van der Waals surface area contributed by atoms with E-state index in [-0.39, 0.29) is 18.6 Å². The Morgan fingerprint density at radius 3 is 2.88 bits per heavy atom. The predicted octanol–water partition coefficient (Wildman–Crippen LogP) is 2.40. The number of nitrogens with zero attached hydrogens (tertiary/aromatic N) is 5. The van der Waals surface area contributed by atoms with Gasteiger partial charge in [-0.2, -0.15) is 0 Å². The second-order valence-electron chi connectivity index (χ2n) is 6.12. The molecule has 0 N–H and O–H groups in total. The number of benzene rings is 1. The molecule has 0 bridgehead atoms. The standard InChI is InChI=1S/C19H19N5O2/c25-19(13-26-15-5-2-1-3-6-15)24-9-4-7-17(24)16-11-21-12-18(22-16)23-10-8-20-14-23/h1-3,5-6,8,10-12,14,17H,4,7,9,13H2. The Morgan fingerprint density at radius 1 is 1.19 bits per heavy atom. The number of para-hydroxylation sites is 1. The molecule has 3 heterocycles. The summed E-state index contributed by atoms with van der Waals surface area (Å²) >= 11 is 0. The van der Waals surface area contributed by atoms with Gasteiger partial charge in [0.15, 0.2) is 12.4 Å². The number of ether oxygens (including phenoxy) is 1. The fraction of sp³-hybridized carbons (Fsp3) is 0.263. The molecule has 26 heavy (non-hydrogen) atoms. The van der Waals surface area contributed by atoms with Crippen LogP contribution in [0, 0.1) is 0 Å². The van der Waals surface area contributed by atoms with Crippen LogP contribution in [0.3, 0.4) is 0 Å². The highest BCUT2D eigenvalue weighted by molar-refractivity contribution is 5.78. The lowest BCUT2D eigenvalue weighted by Gasteiger charge is -2.24. The summed E-state index contributed by atoms with van der Waals surface area (Å²) in [5.41, 5.74) is 0.793. The van der Waals surface area contributed by atoms with Crippen LogP contribution in [0.25, 0.3) is 5.82 Å². The molecule has 0 radical (unpaired) electrons. The first-order valence-electron chi connectivity index (χ1n) is 8.59. The molecule has 7 nitrogen and oxygen atoms in total. The van der Waals surface area contributed by atoms with Crippen molar-refractivity contribution in [2.75, 3.05) is 13.2 Å². The smallest absolute Gasteiger partial charge is 0.261 e. The Labute approximate surface area is 151 Å². The highest BCUT2D eigenvalue weighted by Crippen LogP contribution is 2.31. The molecular formula is C19H19N5O2. The zero-order chi connectivity index (χ0) is 17.8. The number of hydrogen-bond donors (Lipinski definition) is 0. The molecule has 1 aliphatic rings. The van der Waals surface area contributed by atoms with Gasteiger partial charge in [-0.25, -0.2) is 9.97 Å². The van der Waals surface area contributed by atoms with E-state index in [1.807, 2.05) is 41.4 Å². The van der Waals surface area contributed by atoms with Crippen LogP contribution in [0.2, 0.25) is 0 Å². The van der Waals surface area contributed by atoms with Crippen molar-refractivity contribution < 1.29 is 9.53 Å². The van der Waals surface area contributed by atoms with Gasteiger partial charge in [-0.3, -0.25) is 14.3 Å². The van der Waals surface area contributed by atoms with E-state index in [0.29, 0.717) is 18.1 Å². The third-order valence-corrected chi connectivity index (χ3v) is 4.43. The summed E-state index contributed by atoms with van der Waals surface area (Å²) in [4.78, 5) is 27.5. The van der Waals surface area contributed by atoms with Gasteiger partial charge in [-0.05, 0) is 25.0 Å². The first kappa shape index (κ1) is 16.3. The minimum atomic E-state index is -0.0714. The molecule has 2 aromatic heterocycles. The fourth-order valence-corrected chi connectivity index (χ4v) is 3.17. The topological polar surface area (TPSA) is 73.1 Å². The van der Waals surface area contributed by atoms with Gasteiger partial charge in [0, 0.05) is 18.9 Å². The lowest BCUT2D eigenvalue weighted by molar-refractivity contribution is -0.134. The van der Waals surface area contributed by atoms with Gasteiger partial charge in [0.2, 0.25) is 0 Å². The SMILES string of the molecule is O=C(COc1ccccc1)N1CCCC1c1cncc(-n2ccnc2)n1. The van der Waals surface area contributed by atoms with E-state index in [4.69, 9.17) is 4.74 Å². The Morgan fingerprint density at radius 2 is 2.08 bits per heavy atom. The zero-order valence-corrected chi connectivity index (χ0v) is 14.2.